The predicted octanol–water partition coefficient (Wildman–Crippen LogP) is -4.01. The molecule has 1 aliphatic rings. The molecule has 0 spiro atoms. The minimum absolute atomic E-state index is 0.474. The van der Waals surface area contributed by atoms with E-state index in [0.29, 0.717) is 10.8 Å². The summed E-state index contributed by atoms with van der Waals surface area (Å²) in [6.45, 7) is -1.74. The fourth-order valence-electron chi connectivity index (χ4n) is 2.33. The Balaban J connectivity index is 2.67. The molecule has 1 saturated heterocycles. The summed E-state index contributed by atoms with van der Waals surface area (Å²) in [6, 6.07) is 0. The van der Waals surface area contributed by atoms with Crippen molar-refractivity contribution in [2.24, 2.45) is 0 Å². The summed E-state index contributed by atoms with van der Waals surface area (Å²) < 4.78 is 5.64. The van der Waals surface area contributed by atoms with Gasteiger partial charge in [0.1, 0.15) is 23.9 Å². The van der Waals surface area contributed by atoms with Crippen LogP contribution >= 0.6 is 0 Å². The van der Waals surface area contributed by atoms with Crippen LogP contribution < -0.4 is 11.2 Å². The van der Waals surface area contributed by atoms with Crippen LogP contribution in [0, 0.1) is 0 Å². The molecule has 122 valence electrons. The lowest BCUT2D eigenvalue weighted by Gasteiger charge is -2.31. The highest BCUT2D eigenvalue weighted by molar-refractivity contribution is 5.86. The molecular weight excluding hydrogens is 304 g/mol. The Morgan fingerprint density at radius 3 is 2.45 bits per heavy atom. The van der Waals surface area contributed by atoms with Crippen LogP contribution in [0.1, 0.15) is 10.4 Å². The molecule has 22 heavy (non-hydrogen) atoms. The number of hydrogen-bond donors (Lipinski definition) is 6. The molecular formula is C11H14N2O9. The molecule has 1 aromatic rings. The van der Waals surface area contributed by atoms with Crippen molar-refractivity contribution in [1.29, 1.82) is 0 Å². The second-order valence-corrected chi connectivity index (χ2v) is 4.75. The number of carboxylic acid groups (broad SMARTS) is 1. The Labute approximate surface area is 121 Å². The highest BCUT2D eigenvalue weighted by Gasteiger charge is 2.55. The van der Waals surface area contributed by atoms with Crippen molar-refractivity contribution in [2.75, 3.05) is 13.2 Å². The van der Waals surface area contributed by atoms with Crippen LogP contribution in [-0.4, -0.2) is 72.6 Å². The van der Waals surface area contributed by atoms with Gasteiger partial charge in [-0.25, -0.2) is 9.59 Å². The van der Waals surface area contributed by atoms with E-state index >= 15 is 0 Å². The van der Waals surface area contributed by atoms with Crippen molar-refractivity contribution in [3.63, 3.8) is 0 Å². The van der Waals surface area contributed by atoms with E-state index in [0.717, 1.165) is 0 Å². The summed E-state index contributed by atoms with van der Waals surface area (Å²) in [4.78, 5) is 36.0. The van der Waals surface area contributed by atoms with Gasteiger partial charge >= 0.3 is 11.7 Å². The summed E-state index contributed by atoms with van der Waals surface area (Å²) in [5, 5.41) is 47.3. The molecule has 0 saturated carbocycles. The van der Waals surface area contributed by atoms with Gasteiger partial charge in [-0.3, -0.25) is 14.3 Å². The second kappa shape index (κ2) is 5.62. The van der Waals surface area contributed by atoms with Crippen LogP contribution in [0.4, 0.5) is 0 Å². The van der Waals surface area contributed by atoms with Gasteiger partial charge in [-0.1, -0.05) is 0 Å². The normalized spacial score (nSPS) is 31.4. The molecule has 4 atom stereocenters. The minimum atomic E-state index is -2.24. The second-order valence-electron chi connectivity index (χ2n) is 4.75. The third-order valence-electron chi connectivity index (χ3n) is 3.51. The van der Waals surface area contributed by atoms with E-state index in [1.807, 2.05) is 0 Å². The van der Waals surface area contributed by atoms with Crippen LogP contribution in [-0.2, 0) is 10.5 Å². The fourth-order valence-corrected chi connectivity index (χ4v) is 2.33. The van der Waals surface area contributed by atoms with Gasteiger partial charge in [0.2, 0.25) is 5.72 Å². The molecule has 1 aliphatic heterocycles. The van der Waals surface area contributed by atoms with Crippen molar-refractivity contribution >= 4 is 5.97 Å². The van der Waals surface area contributed by atoms with Crippen LogP contribution in [0.15, 0.2) is 15.8 Å². The Hall–Kier alpha value is -2.05. The minimum Gasteiger partial charge on any atom is -0.477 e. The van der Waals surface area contributed by atoms with Crippen LogP contribution in [0.25, 0.3) is 0 Å². The lowest BCUT2D eigenvalue weighted by molar-refractivity contribution is -0.174. The third-order valence-corrected chi connectivity index (χ3v) is 3.51. The quantitative estimate of drug-likeness (QED) is 0.322. The highest BCUT2D eigenvalue weighted by Crippen LogP contribution is 2.34. The van der Waals surface area contributed by atoms with Crippen molar-refractivity contribution in [2.45, 2.75) is 24.0 Å². The molecule has 6 N–H and O–H groups in total. The van der Waals surface area contributed by atoms with Gasteiger partial charge in [-0.05, 0) is 0 Å². The number of H-pyrrole nitrogens is 1. The fraction of sp³-hybridized carbons (Fsp3) is 0.545. The SMILES string of the molecule is O=C(O)c1cn([C@]2(CO)O[C@H](CO)[C@@H](O)[C@H]2O)c(=O)[nH]c1=O. The Kier molecular flexibility index (Phi) is 4.17. The molecule has 1 fully saturated rings. The van der Waals surface area contributed by atoms with Crippen LogP contribution in [0.2, 0.25) is 0 Å². The molecule has 11 heteroatoms. The average molecular weight is 318 g/mol. The number of aromatic nitrogens is 2. The van der Waals surface area contributed by atoms with Crippen LogP contribution in [0.5, 0.6) is 0 Å². The number of aliphatic hydroxyl groups is 4. The zero-order chi connectivity index (χ0) is 16.7. The largest absolute Gasteiger partial charge is 0.477 e. The van der Waals surface area contributed by atoms with Crippen molar-refractivity contribution in [3.8, 4) is 0 Å². The predicted molar refractivity (Wildman–Crippen MR) is 67.3 cm³/mol. The molecule has 11 nitrogen and oxygen atoms in total. The van der Waals surface area contributed by atoms with Gasteiger partial charge in [0.25, 0.3) is 5.56 Å². The van der Waals surface area contributed by atoms with E-state index in [-0.39, 0.29) is 0 Å². The number of nitrogens with one attached hydrogen (secondary N) is 1. The van der Waals surface area contributed by atoms with Gasteiger partial charge in [0.15, 0.2) is 0 Å². The summed E-state index contributed by atoms with van der Waals surface area (Å²) >= 11 is 0. The number of rotatable bonds is 4. The molecule has 2 heterocycles. The number of carboxylic acids is 1. The maximum Gasteiger partial charge on any atom is 0.342 e. The Morgan fingerprint density at radius 2 is 2.00 bits per heavy atom. The van der Waals surface area contributed by atoms with E-state index in [2.05, 4.69) is 0 Å². The van der Waals surface area contributed by atoms with Crippen molar-refractivity contribution < 1.29 is 35.1 Å². The average Bonchev–Trinajstić information content (AvgIpc) is 2.72. The molecule has 1 aromatic heterocycles. The van der Waals surface area contributed by atoms with Crippen LogP contribution in [0.3, 0.4) is 0 Å². The topological polar surface area (TPSA) is 182 Å². The van der Waals surface area contributed by atoms with E-state index in [1.165, 1.54) is 0 Å². The van der Waals surface area contributed by atoms with E-state index in [4.69, 9.17) is 14.9 Å². The maximum absolute atomic E-state index is 11.9. The van der Waals surface area contributed by atoms with Gasteiger partial charge in [-0.2, -0.15) is 0 Å². The van der Waals surface area contributed by atoms with E-state index < -0.39 is 60.0 Å². The number of aromatic amines is 1. The number of hydrogen-bond acceptors (Lipinski definition) is 8. The number of carbonyl (C=O) groups is 1. The Bertz CT molecular complexity index is 696. The lowest BCUT2D eigenvalue weighted by Crippen LogP contribution is -2.54. The standard InChI is InChI=1S/C11H14N2O9/c14-2-5-6(16)7(17)11(3-15,22-5)13-1-4(9(19)20)8(18)12-10(13)21/h1,5-7,14-17H,2-3H2,(H,19,20)(H,12,18,21)/t5-,6-,7-,11-/m1/s1. The molecule has 0 aromatic carbocycles. The number of ether oxygens (including phenoxy) is 1. The molecule has 0 radical (unpaired) electrons. The van der Waals surface area contributed by atoms with Gasteiger partial charge < -0.3 is 30.3 Å². The first-order valence-electron chi connectivity index (χ1n) is 6.14. The molecule has 2 rings (SSSR count). The number of aliphatic hydroxyl groups excluding tert-OH is 4. The van der Waals surface area contributed by atoms with Gasteiger partial charge in [0, 0.05) is 6.20 Å². The van der Waals surface area contributed by atoms with E-state index in [9.17, 15) is 29.7 Å². The first-order chi connectivity index (χ1) is 10.3. The summed E-state index contributed by atoms with van der Waals surface area (Å²) in [5.41, 5.74) is -5.40. The van der Waals surface area contributed by atoms with Crippen molar-refractivity contribution in [1.82, 2.24) is 9.55 Å². The lowest BCUT2D eigenvalue weighted by atomic mass is 10.0. The monoisotopic (exact) mass is 318 g/mol. The first-order valence-corrected chi connectivity index (χ1v) is 6.14. The first kappa shape index (κ1) is 16.3. The zero-order valence-electron chi connectivity index (χ0n) is 11.0. The molecule has 0 unspecified atom stereocenters. The number of aromatic carboxylic acids is 1. The molecule has 0 aliphatic carbocycles. The summed E-state index contributed by atoms with van der Waals surface area (Å²) in [7, 11) is 0. The zero-order valence-corrected chi connectivity index (χ0v) is 11.0. The molecule has 0 amide bonds. The maximum atomic E-state index is 11.9. The number of nitrogens with zero attached hydrogens (tertiary/aromatic N) is 1. The van der Waals surface area contributed by atoms with E-state index in [1.54, 1.807) is 4.98 Å². The summed E-state index contributed by atoms with van der Waals surface area (Å²) in [5.74, 6) is -1.64. The van der Waals surface area contributed by atoms with Gasteiger partial charge in [0.05, 0.1) is 13.2 Å². The van der Waals surface area contributed by atoms with Crippen molar-refractivity contribution in [3.05, 3.63) is 32.6 Å². The smallest absolute Gasteiger partial charge is 0.342 e. The highest BCUT2D eigenvalue weighted by atomic mass is 16.6. The Morgan fingerprint density at radius 1 is 1.36 bits per heavy atom. The third kappa shape index (κ3) is 2.24. The summed E-state index contributed by atoms with van der Waals surface area (Å²) in [6.07, 6.45) is -4.20. The molecule has 0 bridgehead atoms. The van der Waals surface area contributed by atoms with Gasteiger partial charge in [-0.15, -0.1) is 0 Å².